The van der Waals surface area contributed by atoms with Crippen molar-refractivity contribution in [1.82, 2.24) is 10.4 Å². The first-order valence-corrected chi connectivity index (χ1v) is 12.0. The molecule has 4 nitrogen and oxygen atoms in total. The number of thioether (sulfide) groups is 1. The number of rotatable bonds is 3. The minimum atomic E-state index is -0.265. The molecule has 5 rings (SSSR count). The second-order valence-corrected chi connectivity index (χ2v) is 9.95. The molecule has 158 valence electrons. The molecule has 3 aliphatic rings. The number of carbonyl (C=O) groups excluding carboxylic acids is 1. The second kappa shape index (κ2) is 8.73. The number of amides is 1. The monoisotopic (exact) mass is 497 g/mol. The van der Waals surface area contributed by atoms with Gasteiger partial charge in [-0.15, -0.1) is 11.8 Å². The molecule has 1 amide bonds. The fraction of sp³-hybridized carbons (Fsp3) is 0.250. The van der Waals surface area contributed by atoms with Crippen LogP contribution in [0.2, 0.25) is 0 Å². The Morgan fingerprint density at radius 1 is 1.19 bits per heavy atom. The zero-order valence-corrected chi connectivity index (χ0v) is 19.1. The number of nitrogens with one attached hydrogen (secondary N) is 1. The molecule has 0 spiro atoms. The smallest absolute Gasteiger partial charge is 0.265 e. The van der Waals surface area contributed by atoms with Crippen molar-refractivity contribution >= 4 is 39.3 Å². The van der Waals surface area contributed by atoms with E-state index in [1.54, 1.807) is 23.9 Å². The van der Waals surface area contributed by atoms with Crippen LogP contribution in [0.4, 0.5) is 4.39 Å². The van der Waals surface area contributed by atoms with Crippen LogP contribution in [0.5, 0.6) is 0 Å². The van der Waals surface area contributed by atoms with Crippen LogP contribution >= 0.6 is 27.7 Å². The van der Waals surface area contributed by atoms with Crippen molar-refractivity contribution in [3.8, 4) is 0 Å². The maximum Gasteiger partial charge on any atom is 0.265 e. The Bertz CT molecular complexity index is 1120. The lowest BCUT2D eigenvalue weighted by Gasteiger charge is -2.23. The molecule has 1 aliphatic carbocycles. The number of halogens is 2. The highest BCUT2D eigenvalue weighted by Gasteiger charge is 2.30. The Morgan fingerprint density at radius 3 is 2.84 bits per heavy atom. The van der Waals surface area contributed by atoms with Gasteiger partial charge in [-0.1, -0.05) is 40.2 Å². The summed E-state index contributed by atoms with van der Waals surface area (Å²) in [5, 5.41) is 1.97. The quantitative estimate of drug-likeness (QED) is 0.656. The summed E-state index contributed by atoms with van der Waals surface area (Å²) in [6, 6.07) is 12.6. The number of aliphatic imine (C=N–C) groups is 1. The molecule has 2 aromatic carbocycles. The van der Waals surface area contributed by atoms with Crippen LogP contribution in [-0.2, 0) is 4.79 Å². The van der Waals surface area contributed by atoms with Crippen LogP contribution in [0.1, 0.15) is 24.0 Å². The van der Waals surface area contributed by atoms with Crippen LogP contribution in [0.3, 0.4) is 0 Å². The van der Waals surface area contributed by atoms with E-state index >= 15 is 0 Å². The third-order valence-electron chi connectivity index (χ3n) is 5.62. The van der Waals surface area contributed by atoms with Gasteiger partial charge in [0.1, 0.15) is 5.82 Å². The largest absolute Gasteiger partial charge is 0.285 e. The normalized spacial score (nSPS) is 22.8. The molecule has 2 aromatic rings. The first-order chi connectivity index (χ1) is 15.1. The van der Waals surface area contributed by atoms with E-state index in [0.29, 0.717) is 5.57 Å². The fourth-order valence-electron chi connectivity index (χ4n) is 4.08. The zero-order valence-electron chi connectivity index (χ0n) is 16.7. The van der Waals surface area contributed by atoms with Gasteiger partial charge in [0.15, 0.2) is 0 Å². The highest BCUT2D eigenvalue weighted by Crippen LogP contribution is 2.38. The van der Waals surface area contributed by atoms with E-state index in [1.165, 1.54) is 6.07 Å². The summed E-state index contributed by atoms with van der Waals surface area (Å²) in [5.74, 6) is -0.368. The molecular formula is C24H21BrFN3OS. The number of hydrazine groups is 1. The summed E-state index contributed by atoms with van der Waals surface area (Å²) in [5.41, 5.74) is 6.28. The fourth-order valence-corrected chi connectivity index (χ4v) is 5.68. The first-order valence-electron chi connectivity index (χ1n) is 10.3. The van der Waals surface area contributed by atoms with Crippen molar-refractivity contribution in [3.05, 3.63) is 87.7 Å². The number of nitrogens with zero attached hydrogens (tertiary/aromatic N) is 2. The molecule has 1 fully saturated rings. The lowest BCUT2D eigenvalue weighted by atomic mass is 9.99. The van der Waals surface area contributed by atoms with Gasteiger partial charge in [-0.25, -0.2) is 9.40 Å². The standard InChI is InChI=1S/C24H21BrFN3OS/c25-17-5-3-4-15(12-17)23-19-8-7-18(26)14-22(19)31-21-9-6-16(13-20(21)27-23)24(30)28-29-10-1-2-11-29/h3-9,12-14,20-21H,1-2,10-11H2,(H,28,30). The predicted octanol–water partition coefficient (Wildman–Crippen LogP) is 4.89. The van der Waals surface area contributed by atoms with E-state index < -0.39 is 0 Å². The SMILES string of the molecule is O=C(NN1CCCC1)C1=CC2N=C(c3cccc(Br)c3)c3ccc(F)cc3SC2C=C1. The first kappa shape index (κ1) is 20.7. The Kier molecular flexibility index (Phi) is 5.82. The molecule has 2 heterocycles. The van der Waals surface area contributed by atoms with Crippen LogP contribution in [0, 0.1) is 5.82 Å². The molecule has 31 heavy (non-hydrogen) atoms. The predicted molar refractivity (Wildman–Crippen MR) is 126 cm³/mol. The molecule has 1 N–H and O–H groups in total. The van der Waals surface area contributed by atoms with E-state index in [9.17, 15) is 9.18 Å². The minimum Gasteiger partial charge on any atom is -0.285 e. The summed E-state index contributed by atoms with van der Waals surface area (Å²) < 4.78 is 15.0. The van der Waals surface area contributed by atoms with Crippen molar-refractivity contribution in [2.24, 2.45) is 4.99 Å². The molecule has 0 aromatic heterocycles. The van der Waals surface area contributed by atoms with Crippen LogP contribution in [0.15, 0.2) is 80.6 Å². The summed E-state index contributed by atoms with van der Waals surface area (Å²) in [6.07, 6.45) is 8.01. The van der Waals surface area contributed by atoms with E-state index in [2.05, 4.69) is 21.4 Å². The molecule has 7 heteroatoms. The van der Waals surface area contributed by atoms with Gasteiger partial charge in [-0.3, -0.25) is 15.2 Å². The van der Waals surface area contributed by atoms with Crippen molar-refractivity contribution in [3.63, 3.8) is 0 Å². The Labute approximate surface area is 193 Å². The van der Waals surface area contributed by atoms with E-state index in [-0.39, 0.29) is 23.0 Å². The third-order valence-corrected chi connectivity index (χ3v) is 7.41. The Hall–Kier alpha value is -2.22. The summed E-state index contributed by atoms with van der Waals surface area (Å²) in [7, 11) is 0. The van der Waals surface area contributed by atoms with Crippen molar-refractivity contribution < 1.29 is 9.18 Å². The van der Waals surface area contributed by atoms with Crippen molar-refractivity contribution in [1.29, 1.82) is 0 Å². The number of hydrogen-bond donors (Lipinski definition) is 1. The van der Waals surface area contributed by atoms with E-state index in [0.717, 1.165) is 52.1 Å². The second-order valence-electron chi connectivity index (χ2n) is 7.82. The summed E-state index contributed by atoms with van der Waals surface area (Å²) >= 11 is 5.12. The Balaban J connectivity index is 1.53. The molecule has 2 aliphatic heterocycles. The van der Waals surface area contributed by atoms with Gasteiger partial charge < -0.3 is 0 Å². The van der Waals surface area contributed by atoms with Gasteiger partial charge >= 0.3 is 0 Å². The third kappa shape index (κ3) is 4.40. The minimum absolute atomic E-state index is 0.00598. The van der Waals surface area contributed by atoms with Gasteiger partial charge in [0.05, 0.1) is 17.0 Å². The van der Waals surface area contributed by atoms with Gasteiger partial charge in [0.25, 0.3) is 5.91 Å². The van der Waals surface area contributed by atoms with E-state index in [1.807, 2.05) is 47.5 Å². The van der Waals surface area contributed by atoms with Crippen LogP contribution in [-0.4, -0.2) is 41.0 Å². The summed E-state index contributed by atoms with van der Waals surface area (Å²) in [4.78, 5) is 18.7. The van der Waals surface area contributed by atoms with Gasteiger partial charge in [0, 0.05) is 39.2 Å². The molecule has 0 radical (unpaired) electrons. The highest BCUT2D eigenvalue weighted by molar-refractivity contribution is 9.10. The zero-order chi connectivity index (χ0) is 21.4. The Morgan fingerprint density at radius 2 is 2.03 bits per heavy atom. The molecule has 0 bridgehead atoms. The van der Waals surface area contributed by atoms with Crippen molar-refractivity contribution in [2.75, 3.05) is 13.1 Å². The van der Waals surface area contributed by atoms with Gasteiger partial charge in [-0.05, 0) is 49.2 Å². The molecule has 2 atom stereocenters. The average molecular weight is 498 g/mol. The van der Waals surface area contributed by atoms with Crippen molar-refractivity contribution in [2.45, 2.75) is 29.0 Å². The number of hydrogen-bond acceptors (Lipinski definition) is 4. The van der Waals surface area contributed by atoms with Gasteiger partial charge in [0.2, 0.25) is 0 Å². The lowest BCUT2D eigenvalue weighted by molar-refractivity contribution is -0.121. The maximum absolute atomic E-state index is 14.1. The van der Waals surface area contributed by atoms with Gasteiger partial charge in [-0.2, -0.15) is 0 Å². The highest BCUT2D eigenvalue weighted by atomic mass is 79.9. The number of benzene rings is 2. The average Bonchev–Trinajstić information content (AvgIpc) is 3.20. The van der Waals surface area contributed by atoms with Crippen LogP contribution in [0.25, 0.3) is 0 Å². The maximum atomic E-state index is 14.1. The number of fused-ring (bicyclic) bond motifs is 2. The molecule has 0 saturated carbocycles. The topological polar surface area (TPSA) is 44.7 Å². The number of carbonyl (C=O) groups is 1. The molecule has 1 saturated heterocycles. The molecule has 2 unspecified atom stereocenters. The lowest BCUT2D eigenvalue weighted by Crippen LogP contribution is -2.41. The summed E-state index contributed by atoms with van der Waals surface area (Å²) in [6.45, 7) is 1.77. The molecular weight excluding hydrogens is 477 g/mol. The van der Waals surface area contributed by atoms with E-state index in [4.69, 9.17) is 4.99 Å². The van der Waals surface area contributed by atoms with Crippen LogP contribution < -0.4 is 5.43 Å².